The molecule has 0 saturated carbocycles. The zero-order chi connectivity index (χ0) is 15.1. The minimum Gasteiger partial charge on any atom is -0.478 e. The van der Waals surface area contributed by atoms with Gasteiger partial charge in [-0.1, -0.05) is 12.1 Å². The van der Waals surface area contributed by atoms with E-state index in [4.69, 9.17) is 5.11 Å². The summed E-state index contributed by atoms with van der Waals surface area (Å²) in [6, 6.07) is 6.82. The SMILES string of the molecule is CNC(=O)c1ccc(CN(C)C(=O)/C=C/C(=O)O)cc1. The van der Waals surface area contributed by atoms with E-state index in [1.165, 1.54) is 4.90 Å². The summed E-state index contributed by atoms with van der Waals surface area (Å²) in [6.45, 7) is 0.330. The molecule has 1 rings (SSSR count). The van der Waals surface area contributed by atoms with E-state index in [9.17, 15) is 14.4 Å². The number of carbonyl (C=O) groups is 3. The van der Waals surface area contributed by atoms with Crippen molar-refractivity contribution in [1.82, 2.24) is 10.2 Å². The van der Waals surface area contributed by atoms with Crippen molar-refractivity contribution in [3.8, 4) is 0 Å². The predicted molar refractivity (Wildman–Crippen MR) is 73.1 cm³/mol. The lowest BCUT2D eigenvalue weighted by Crippen LogP contribution is -2.24. The van der Waals surface area contributed by atoms with Gasteiger partial charge in [-0.25, -0.2) is 4.79 Å². The Morgan fingerprint density at radius 1 is 1.20 bits per heavy atom. The lowest BCUT2D eigenvalue weighted by molar-refractivity contribution is -0.132. The number of rotatable bonds is 5. The number of carboxylic acids is 1. The monoisotopic (exact) mass is 276 g/mol. The molecule has 0 aromatic heterocycles. The predicted octanol–water partition coefficient (Wildman–Crippen LogP) is 0.645. The zero-order valence-corrected chi connectivity index (χ0v) is 11.3. The summed E-state index contributed by atoms with van der Waals surface area (Å²) in [5.41, 5.74) is 1.38. The van der Waals surface area contributed by atoms with Gasteiger partial charge in [0.1, 0.15) is 0 Å². The highest BCUT2D eigenvalue weighted by Gasteiger charge is 2.07. The van der Waals surface area contributed by atoms with E-state index in [1.807, 2.05) is 0 Å². The summed E-state index contributed by atoms with van der Waals surface area (Å²) in [5, 5.41) is 11.0. The molecule has 0 saturated heterocycles. The van der Waals surface area contributed by atoms with Crippen LogP contribution in [0.3, 0.4) is 0 Å². The number of carbonyl (C=O) groups excluding carboxylic acids is 2. The zero-order valence-electron chi connectivity index (χ0n) is 11.3. The average Bonchev–Trinajstić information content (AvgIpc) is 2.44. The second-order valence-electron chi connectivity index (χ2n) is 4.14. The summed E-state index contributed by atoms with van der Waals surface area (Å²) in [4.78, 5) is 34.7. The summed E-state index contributed by atoms with van der Waals surface area (Å²) in [5.74, 6) is -1.74. The van der Waals surface area contributed by atoms with Crippen LogP contribution in [0.15, 0.2) is 36.4 Å². The van der Waals surface area contributed by atoms with E-state index < -0.39 is 11.9 Å². The van der Waals surface area contributed by atoms with Gasteiger partial charge >= 0.3 is 5.97 Å². The minimum atomic E-state index is -1.17. The highest BCUT2D eigenvalue weighted by atomic mass is 16.4. The van der Waals surface area contributed by atoms with Gasteiger partial charge in [0.15, 0.2) is 0 Å². The van der Waals surface area contributed by atoms with Crippen LogP contribution in [-0.4, -0.2) is 41.9 Å². The molecule has 2 N–H and O–H groups in total. The third-order valence-electron chi connectivity index (χ3n) is 2.61. The maximum Gasteiger partial charge on any atom is 0.328 e. The van der Waals surface area contributed by atoms with Gasteiger partial charge in [-0.2, -0.15) is 0 Å². The molecule has 0 radical (unpaired) electrons. The van der Waals surface area contributed by atoms with Crippen LogP contribution in [0, 0.1) is 0 Å². The quantitative estimate of drug-likeness (QED) is 0.773. The van der Waals surface area contributed by atoms with Gasteiger partial charge in [0.25, 0.3) is 5.91 Å². The summed E-state index contributed by atoms with van der Waals surface area (Å²) in [7, 11) is 3.12. The fraction of sp³-hybridized carbons (Fsp3) is 0.214. The van der Waals surface area contributed by atoms with Gasteiger partial charge < -0.3 is 15.3 Å². The van der Waals surface area contributed by atoms with Crippen molar-refractivity contribution in [3.63, 3.8) is 0 Å². The normalized spacial score (nSPS) is 10.3. The minimum absolute atomic E-state index is 0.176. The number of amides is 2. The van der Waals surface area contributed by atoms with Crippen molar-refractivity contribution >= 4 is 17.8 Å². The molecule has 106 valence electrons. The molecule has 6 nitrogen and oxygen atoms in total. The second kappa shape index (κ2) is 7.08. The Bertz CT molecular complexity index is 535. The van der Waals surface area contributed by atoms with Crippen molar-refractivity contribution in [1.29, 1.82) is 0 Å². The Morgan fingerprint density at radius 3 is 2.30 bits per heavy atom. The molecule has 2 amide bonds. The highest BCUT2D eigenvalue weighted by Crippen LogP contribution is 2.07. The van der Waals surface area contributed by atoms with Gasteiger partial charge in [-0.3, -0.25) is 9.59 Å². The molecule has 6 heteroatoms. The Labute approximate surface area is 116 Å². The molecule has 0 unspecified atom stereocenters. The Morgan fingerprint density at radius 2 is 1.80 bits per heavy atom. The first-order chi connectivity index (χ1) is 9.43. The van der Waals surface area contributed by atoms with E-state index in [-0.39, 0.29) is 5.91 Å². The van der Waals surface area contributed by atoms with Gasteiger partial charge in [0.05, 0.1) is 0 Å². The molecule has 0 aliphatic carbocycles. The van der Waals surface area contributed by atoms with E-state index in [0.717, 1.165) is 17.7 Å². The van der Waals surface area contributed by atoms with Crippen LogP contribution in [0.2, 0.25) is 0 Å². The summed E-state index contributed by atoms with van der Waals surface area (Å²) >= 11 is 0. The highest BCUT2D eigenvalue weighted by molar-refractivity contribution is 5.94. The van der Waals surface area contributed by atoms with Crippen molar-refractivity contribution in [2.45, 2.75) is 6.54 Å². The van der Waals surface area contributed by atoms with Gasteiger partial charge in [-0.15, -0.1) is 0 Å². The summed E-state index contributed by atoms with van der Waals surface area (Å²) < 4.78 is 0. The number of hydrogen-bond acceptors (Lipinski definition) is 3. The Kier molecular flexibility index (Phi) is 5.46. The molecule has 0 spiro atoms. The third kappa shape index (κ3) is 4.56. The summed E-state index contributed by atoms with van der Waals surface area (Å²) in [6.07, 6.45) is 1.80. The molecule has 20 heavy (non-hydrogen) atoms. The van der Waals surface area contributed by atoms with Crippen LogP contribution in [-0.2, 0) is 16.1 Å². The van der Waals surface area contributed by atoms with E-state index in [0.29, 0.717) is 12.1 Å². The molecule has 0 heterocycles. The first-order valence-corrected chi connectivity index (χ1v) is 5.91. The molecule has 0 fully saturated rings. The van der Waals surface area contributed by atoms with Gasteiger partial charge in [0, 0.05) is 38.4 Å². The maximum absolute atomic E-state index is 11.6. The number of aliphatic carboxylic acids is 1. The lowest BCUT2D eigenvalue weighted by atomic mass is 10.1. The van der Waals surface area contributed by atoms with E-state index >= 15 is 0 Å². The molecule has 0 bridgehead atoms. The van der Waals surface area contributed by atoms with Crippen LogP contribution < -0.4 is 5.32 Å². The average molecular weight is 276 g/mol. The standard InChI is InChI=1S/C14H16N2O4/c1-15-14(20)11-5-3-10(4-6-11)9-16(2)12(17)7-8-13(18)19/h3-8H,9H2,1-2H3,(H,15,20)(H,18,19)/b8-7+. The van der Waals surface area contributed by atoms with Crippen molar-refractivity contribution in [2.75, 3.05) is 14.1 Å². The fourth-order valence-electron chi connectivity index (χ4n) is 1.53. The largest absolute Gasteiger partial charge is 0.478 e. The maximum atomic E-state index is 11.6. The van der Waals surface area contributed by atoms with Crippen LogP contribution >= 0.6 is 0 Å². The Hall–Kier alpha value is -2.63. The molecule has 0 aliphatic rings. The van der Waals surface area contributed by atoms with Crippen molar-refractivity contribution < 1.29 is 19.5 Å². The van der Waals surface area contributed by atoms with Crippen LogP contribution in [0.25, 0.3) is 0 Å². The third-order valence-corrected chi connectivity index (χ3v) is 2.61. The molecule has 0 aliphatic heterocycles. The van der Waals surface area contributed by atoms with E-state index in [2.05, 4.69) is 5.32 Å². The van der Waals surface area contributed by atoms with Crippen LogP contribution in [0.4, 0.5) is 0 Å². The van der Waals surface area contributed by atoms with E-state index in [1.54, 1.807) is 38.4 Å². The number of likely N-dealkylation sites (N-methyl/N-ethyl adjacent to an activating group) is 1. The van der Waals surface area contributed by atoms with Crippen LogP contribution in [0.5, 0.6) is 0 Å². The van der Waals surface area contributed by atoms with Gasteiger partial charge in [0.2, 0.25) is 5.91 Å². The number of carboxylic acid groups (broad SMARTS) is 1. The number of nitrogens with one attached hydrogen (secondary N) is 1. The molecule has 1 aromatic carbocycles. The van der Waals surface area contributed by atoms with Crippen LogP contribution in [0.1, 0.15) is 15.9 Å². The Balaban J connectivity index is 2.66. The molecule has 1 aromatic rings. The number of nitrogens with zero attached hydrogens (tertiary/aromatic N) is 1. The molecule has 0 atom stereocenters. The second-order valence-corrected chi connectivity index (χ2v) is 4.14. The van der Waals surface area contributed by atoms with Crippen molar-refractivity contribution in [2.24, 2.45) is 0 Å². The smallest absolute Gasteiger partial charge is 0.328 e. The number of hydrogen-bond donors (Lipinski definition) is 2. The number of benzene rings is 1. The molecular weight excluding hydrogens is 260 g/mol. The van der Waals surface area contributed by atoms with Gasteiger partial charge in [-0.05, 0) is 17.7 Å². The van der Waals surface area contributed by atoms with Crippen molar-refractivity contribution in [3.05, 3.63) is 47.5 Å². The molecular formula is C14H16N2O4. The first kappa shape index (κ1) is 15.4. The lowest BCUT2D eigenvalue weighted by Gasteiger charge is -2.15. The topological polar surface area (TPSA) is 86.7 Å². The fourth-order valence-corrected chi connectivity index (χ4v) is 1.53. The first-order valence-electron chi connectivity index (χ1n) is 5.91.